The molecule has 2 heterocycles. The third-order valence-electron chi connectivity index (χ3n) is 5.37. The molecule has 7 nitrogen and oxygen atoms in total. The van der Waals surface area contributed by atoms with Gasteiger partial charge in [-0.1, -0.05) is 60.7 Å². The Morgan fingerprint density at radius 1 is 1.10 bits per heavy atom. The predicted molar refractivity (Wildman–Crippen MR) is 101 cm³/mol. The second-order valence-corrected chi connectivity index (χ2v) is 7.33. The Bertz CT molecular complexity index is 817. The van der Waals surface area contributed by atoms with Gasteiger partial charge in [-0.15, -0.1) is 0 Å². The fourth-order valence-corrected chi connectivity index (χ4v) is 3.89. The number of hydrogen-bond acceptors (Lipinski definition) is 6. The normalized spacial score (nSPS) is 31.7. The third-order valence-corrected chi connectivity index (χ3v) is 5.37. The van der Waals surface area contributed by atoms with Crippen molar-refractivity contribution in [2.75, 3.05) is 6.61 Å². The molecule has 2 aromatic rings. The predicted octanol–water partition coefficient (Wildman–Crippen LogP) is 0.964. The number of carbonyl (C=O) groups is 1. The molecule has 2 aliphatic heterocycles. The monoisotopic (exact) mass is 398 g/mol. The first-order valence-corrected chi connectivity index (χ1v) is 9.67. The number of benzene rings is 2. The fourth-order valence-electron chi connectivity index (χ4n) is 3.89. The van der Waals surface area contributed by atoms with Crippen molar-refractivity contribution in [1.82, 2.24) is 4.90 Å². The van der Waals surface area contributed by atoms with E-state index in [0.29, 0.717) is 0 Å². The summed E-state index contributed by atoms with van der Waals surface area (Å²) in [6.45, 7) is 1.72. The van der Waals surface area contributed by atoms with Crippen LogP contribution in [0.1, 0.15) is 24.3 Å². The van der Waals surface area contributed by atoms with Gasteiger partial charge in [0.25, 0.3) is 0 Å². The van der Waals surface area contributed by atoms with Crippen molar-refractivity contribution in [1.29, 1.82) is 0 Å². The molecule has 0 radical (unpaired) electrons. The van der Waals surface area contributed by atoms with Crippen molar-refractivity contribution >= 4 is 5.91 Å². The second kappa shape index (κ2) is 8.61. The van der Waals surface area contributed by atoms with Gasteiger partial charge >= 0.3 is 0 Å². The summed E-state index contributed by atoms with van der Waals surface area (Å²) in [4.78, 5) is 13.7. The molecule has 2 aliphatic rings. The van der Waals surface area contributed by atoms with E-state index in [9.17, 15) is 15.0 Å². The van der Waals surface area contributed by atoms with Crippen LogP contribution >= 0.6 is 0 Å². The van der Waals surface area contributed by atoms with Gasteiger partial charge in [-0.05, 0) is 5.56 Å². The number of hydrogen-bond donors (Lipinski definition) is 1. The van der Waals surface area contributed by atoms with Crippen molar-refractivity contribution in [3.63, 3.8) is 0 Å². The van der Waals surface area contributed by atoms with E-state index < -0.39 is 36.9 Å². The first kappa shape index (κ1) is 20.0. The van der Waals surface area contributed by atoms with Crippen LogP contribution in [0.2, 0.25) is 0 Å². The SMILES string of the molecule is CC(=O)N(Cc1ccccc1)[C@@H]1[C@@H](O)[C@@H]2OC(c3ccccc3)OC[C@H]2O[C@@H]1[O-]. The van der Waals surface area contributed by atoms with Gasteiger partial charge < -0.3 is 29.3 Å². The average molecular weight is 398 g/mol. The van der Waals surface area contributed by atoms with E-state index >= 15 is 0 Å². The van der Waals surface area contributed by atoms with Crippen molar-refractivity contribution in [2.45, 2.75) is 50.4 Å². The van der Waals surface area contributed by atoms with E-state index in [1.165, 1.54) is 11.8 Å². The Kier molecular flexibility index (Phi) is 5.94. The number of aliphatic hydroxyl groups is 1. The zero-order chi connectivity index (χ0) is 20.4. The summed E-state index contributed by atoms with van der Waals surface area (Å²) >= 11 is 0. The van der Waals surface area contributed by atoms with Crippen LogP contribution in [-0.4, -0.2) is 53.2 Å². The first-order valence-electron chi connectivity index (χ1n) is 9.67. The van der Waals surface area contributed by atoms with Gasteiger partial charge in [-0.25, -0.2) is 0 Å². The first-order chi connectivity index (χ1) is 14.0. The van der Waals surface area contributed by atoms with Gasteiger partial charge in [0.05, 0.1) is 12.6 Å². The highest BCUT2D eigenvalue weighted by Gasteiger charge is 2.48. The molecule has 1 N–H and O–H groups in total. The molecular formula is C22H24NO6-. The van der Waals surface area contributed by atoms with Gasteiger partial charge in [0.1, 0.15) is 18.3 Å². The molecule has 0 aromatic heterocycles. The van der Waals surface area contributed by atoms with Gasteiger partial charge in [-0.3, -0.25) is 4.79 Å². The number of rotatable bonds is 4. The van der Waals surface area contributed by atoms with Crippen LogP contribution in [0.3, 0.4) is 0 Å². The maximum atomic E-state index is 12.7. The Labute approximate surface area is 169 Å². The molecule has 2 saturated heterocycles. The lowest BCUT2D eigenvalue weighted by Crippen LogP contribution is -2.69. The van der Waals surface area contributed by atoms with Crippen LogP contribution in [0.5, 0.6) is 0 Å². The summed E-state index contributed by atoms with van der Waals surface area (Å²) in [7, 11) is 0. The number of ether oxygens (including phenoxy) is 3. The Morgan fingerprint density at radius 3 is 2.41 bits per heavy atom. The Hall–Kier alpha value is -2.29. The van der Waals surface area contributed by atoms with Crippen molar-refractivity contribution < 1.29 is 29.2 Å². The van der Waals surface area contributed by atoms with E-state index in [-0.39, 0.29) is 19.1 Å². The number of aliphatic hydroxyl groups excluding tert-OH is 1. The highest BCUT2D eigenvalue weighted by atomic mass is 16.7. The molecule has 7 heteroatoms. The van der Waals surface area contributed by atoms with Crippen LogP contribution in [0.15, 0.2) is 60.7 Å². The topological polar surface area (TPSA) is 91.3 Å². The highest BCUT2D eigenvalue weighted by Crippen LogP contribution is 2.34. The molecule has 29 heavy (non-hydrogen) atoms. The minimum atomic E-state index is -1.60. The number of carbonyl (C=O) groups excluding carboxylic acids is 1. The summed E-state index contributed by atoms with van der Waals surface area (Å²) in [5, 5.41) is 23.8. The molecule has 0 aliphatic carbocycles. The molecule has 1 unspecified atom stereocenters. The molecule has 2 aromatic carbocycles. The average Bonchev–Trinajstić information content (AvgIpc) is 2.74. The van der Waals surface area contributed by atoms with Gasteiger partial charge in [-0.2, -0.15) is 0 Å². The molecular weight excluding hydrogens is 374 g/mol. The Morgan fingerprint density at radius 2 is 1.76 bits per heavy atom. The lowest BCUT2D eigenvalue weighted by atomic mass is 9.94. The summed E-state index contributed by atoms with van der Waals surface area (Å²) in [5.41, 5.74) is 1.67. The molecule has 4 rings (SSSR count). The number of nitrogens with zero attached hydrogens (tertiary/aromatic N) is 1. The van der Waals surface area contributed by atoms with Crippen LogP contribution in [-0.2, 0) is 25.5 Å². The van der Waals surface area contributed by atoms with Gasteiger partial charge in [0, 0.05) is 25.3 Å². The molecule has 0 saturated carbocycles. The summed E-state index contributed by atoms with van der Waals surface area (Å²) in [6, 6.07) is 17.6. The second-order valence-electron chi connectivity index (χ2n) is 7.33. The highest BCUT2D eigenvalue weighted by molar-refractivity contribution is 5.73. The van der Waals surface area contributed by atoms with Crippen molar-refractivity contribution in [2.24, 2.45) is 0 Å². The standard InChI is InChI=1S/C22H24NO6/c1-14(24)23(12-15-8-4-2-5-9-15)18-19(25)20-17(28-21(18)26)13-27-22(29-20)16-10-6-3-7-11-16/h2-11,17-22,25H,12-13H2,1H3/q-1/t17-,18-,19-,20-,21+,22?/m1/s1. The van der Waals surface area contributed by atoms with Gasteiger partial charge in [0.2, 0.25) is 5.91 Å². The van der Waals surface area contributed by atoms with Crippen LogP contribution in [0.4, 0.5) is 0 Å². The van der Waals surface area contributed by atoms with E-state index in [0.717, 1.165) is 11.1 Å². The molecule has 1 amide bonds. The fraction of sp³-hybridized carbons (Fsp3) is 0.409. The van der Waals surface area contributed by atoms with Gasteiger partial charge in [0.15, 0.2) is 6.29 Å². The maximum absolute atomic E-state index is 12.7. The van der Waals surface area contributed by atoms with E-state index in [1.54, 1.807) is 0 Å². The lowest BCUT2D eigenvalue weighted by molar-refractivity contribution is -0.532. The zero-order valence-corrected chi connectivity index (χ0v) is 16.1. The molecule has 2 fully saturated rings. The van der Waals surface area contributed by atoms with Crippen molar-refractivity contribution in [3.05, 3.63) is 71.8 Å². The van der Waals surface area contributed by atoms with Crippen LogP contribution < -0.4 is 5.11 Å². The maximum Gasteiger partial charge on any atom is 0.220 e. The largest absolute Gasteiger partial charge is 0.829 e. The molecule has 0 bridgehead atoms. The van der Waals surface area contributed by atoms with E-state index in [1.807, 2.05) is 60.7 Å². The summed E-state index contributed by atoms with van der Waals surface area (Å²) in [5.74, 6) is -0.313. The minimum Gasteiger partial charge on any atom is -0.829 e. The smallest absolute Gasteiger partial charge is 0.220 e. The molecule has 0 spiro atoms. The van der Waals surface area contributed by atoms with Crippen LogP contribution in [0, 0.1) is 0 Å². The van der Waals surface area contributed by atoms with Crippen molar-refractivity contribution in [3.8, 4) is 0 Å². The minimum absolute atomic E-state index is 0.130. The van der Waals surface area contributed by atoms with E-state index in [4.69, 9.17) is 14.2 Å². The number of amides is 1. The quantitative estimate of drug-likeness (QED) is 0.825. The Balaban J connectivity index is 1.55. The van der Waals surface area contributed by atoms with Crippen LogP contribution in [0.25, 0.3) is 0 Å². The van der Waals surface area contributed by atoms with E-state index in [2.05, 4.69) is 0 Å². The number of fused-ring (bicyclic) bond motifs is 1. The molecule has 154 valence electrons. The summed E-state index contributed by atoms with van der Waals surface area (Å²) in [6.07, 6.45) is -4.92. The summed E-state index contributed by atoms with van der Waals surface area (Å²) < 4.78 is 17.2. The third kappa shape index (κ3) is 4.19. The molecule has 6 atom stereocenters. The lowest BCUT2D eigenvalue weighted by Gasteiger charge is -2.53. The zero-order valence-electron chi connectivity index (χ0n) is 16.1.